The number of nitrogens with one attached hydrogen (secondary N) is 1. The zero-order valence-corrected chi connectivity index (χ0v) is 9.84. The number of hydrogen-bond donors (Lipinski definition) is 1. The molecule has 0 aromatic carbocycles. The van der Waals surface area contributed by atoms with Crippen molar-refractivity contribution in [2.24, 2.45) is 11.8 Å². The maximum absolute atomic E-state index is 10.3. The molecule has 2 unspecified atom stereocenters. The van der Waals surface area contributed by atoms with E-state index in [-0.39, 0.29) is 0 Å². The minimum absolute atomic E-state index is 0.433. The second kappa shape index (κ2) is 5.21. The fraction of sp³-hybridized carbons (Fsp3) is 1.00. The van der Waals surface area contributed by atoms with Gasteiger partial charge >= 0.3 is 0 Å². The molecule has 0 amide bonds. The van der Waals surface area contributed by atoms with E-state index in [2.05, 4.69) is 30.4 Å². The van der Waals surface area contributed by atoms with Crippen LogP contribution in [0.5, 0.6) is 0 Å². The minimum atomic E-state index is -2.11. The summed E-state index contributed by atoms with van der Waals surface area (Å²) in [6.45, 7) is 9.24. The van der Waals surface area contributed by atoms with Gasteiger partial charge in [-0.3, -0.25) is 4.21 Å². The molecular formula is C9H19N2O2S-. The molecule has 0 spiro atoms. The Bertz CT molecular complexity index is 205. The summed E-state index contributed by atoms with van der Waals surface area (Å²) >= 11 is -2.11. The lowest BCUT2D eigenvalue weighted by molar-refractivity contribution is 0.0373. The van der Waals surface area contributed by atoms with Crippen molar-refractivity contribution in [1.29, 1.82) is 0 Å². The van der Waals surface area contributed by atoms with E-state index in [0.29, 0.717) is 24.4 Å². The Balaban J connectivity index is 2.16. The molecule has 14 heavy (non-hydrogen) atoms. The third-order valence-electron chi connectivity index (χ3n) is 3.00. The Hall–Kier alpha value is 0.0300. The van der Waals surface area contributed by atoms with Gasteiger partial charge in [0.05, 0.1) is 0 Å². The zero-order chi connectivity index (χ0) is 10.7. The number of rotatable bonds is 5. The highest BCUT2D eigenvalue weighted by Crippen LogP contribution is 2.24. The van der Waals surface area contributed by atoms with Crippen LogP contribution in [-0.2, 0) is 11.3 Å². The van der Waals surface area contributed by atoms with Crippen LogP contribution in [0.25, 0.3) is 0 Å². The Morgan fingerprint density at radius 3 is 2.50 bits per heavy atom. The molecule has 84 valence electrons. The summed E-state index contributed by atoms with van der Waals surface area (Å²) < 4.78 is 23.0. The van der Waals surface area contributed by atoms with Crippen molar-refractivity contribution in [3.63, 3.8) is 0 Å². The third kappa shape index (κ3) is 3.31. The molecule has 4 nitrogen and oxygen atoms in total. The molecule has 1 fully saturated rings. The second-order valence-electron chi connectivity index (χ2n) is 4.37. The van der Waals surface area contributed by atoms with Gasteiger partial charge in [-0.05, 0) is 25.7 Å². The summed E-state index contributed by atoms with van der Waals surface area (Å²) in [5, 5.41) is 0. The number of likely N-dealkylation sites (tertiary alicyclic amines) is 1. The highest BCUT2D eigenvalue weighted by atomic mass is 32.2. The van der Waals surface area contributed by atoms with Gasteiger partial charge in [-0.15, -0.1) is 0 Å². The fourth-order valence-electron chi connectivity index (χ4n) is 1.70. The number of nitrogens with zero attached hydrogens (tertiary/aromatic N) is 1. The topological polar surface area (TPSA) is 55.4 Å². The Morgan fingerprint density at radius 1 is 1.50 bits per heavy atom. The highest BCUT2D eigenvalue weighted by Gasteiger charge is 2.31. The van der Waals surface area contributed by atoms with Crippen molar-refractivity contribution < 1.29 is 8.76 Å². The monoisotopic (exact) mass is 219 g/mol. The van der Waals surface area contributed by atoms with Gasteiger partial charge in [0.2, 0.25) is 0 Å². The van der Waals surface area contributed by atoms with Crippen molar-refractivity contribution in [2.45, 2.75) is 26.8 Å². The summed E-state index contributed by atoms with van der Waals surface area (Å²) in [7, 11) is 0. The van der Waals surface area contributed by atoms with E-state index in [4.69, 9.17) is 0 Å². The quantitative estimate of drug-likeness (QED) is 0.679. The van der Waals surface area contributed by atoms with Crippen molar-refractivity contribution in [3.8, 4) is 0 Å². The molecule has 1 heterocycles. The normalized spacial score (nSPS) is 23.5. The lowest BCUT2D eigenvalue weighted by Crippen LogP contribution is -2.53. The summed E-state index contributed by atoms with van der Waals surface area (Å²) in [4.78, 5) is 2.40. The van der Waals surface area contributed by atoms with E-state index in [1.165, 1.54) is 0 Å². The van der Waals surface area contributed by atoms with Crippen LogP contribution in [0.2, 0.25) is 0 Å². The molecule has 0 aromatic rings. The van der Waals surface area contributed by atoms with E-state index in [1.807, 2.05) is 0 Å². The van der Waals surface area contributed by atoms with Gasteiger partial charge in [-0.2, -0.15) is 0 Å². The molecular weight excluding hydrogens is 200 g/mol. The lowest BCUT2D eigenvalue weighted by Gasteiger charge is -2.45. The van der Waals surface area contributed by atoms with Gasteiger partial charge < -0.3 is 9.45 Å². The zero-order valence-electron chi connectivity index (χ0n) is 9.03. The van der Waals surface area contributed by atoms with Gasteiger partial charge in [-0.1, -0.05) is 6.92 Å². The first-order valence-corrected chi connectivity index (χ1v) is 6.15. The van der Waals surface area contributed by atoms with E-state index < -0.39 is 11.3 Å². The predicted molar refractivity (Wildman–Crippen MR) is 56.3 cm³/mol. The smallest absolute Gasteiger partial charge is 0.0181 e. The minimum Gasteiger partial charge on any atom is -0.760 e. The van der Waals surface area contributed by atoms with Crippen molar-refractivity contribution >= 4 is 11.3 Å². The second-order valence-corrected chi connectivity index (χ2v) is 5.13. The Morgan fingerprint density at radius 2 is 2.07 bits per heavy atom. The van der Waals surface area contributed by atoms with E-state index in [9.17, 15) is 8.76 Å². The molecule has 0 saturated carbocycles. The molecule has 1 rings (SSSR count). The van der Waals surface area contributed by atoms with E-state index in [0.717, 1.165) is 13.1 Å². The molecule has 0 aromatic heterocycles. The fourth-order valence-corrected chi connectivity index (χ4v) is 2.10. The first-order valence-electron chi connectivity index (χ1n) is 5.07. The van der Waals surface area contributed by atoms with Crippen LogP contribution < -0.4 is 4.72 Å². The van der Waals surface area contributed by atoms with Gasteiger partial charge in [0.1, 0.15) is 0 Å². The highest BCUT2D eigenvalue weighted by molar-refractivity contribution is 7.77. The molecule has 1 aliphatic rings. The van der Waals surface area contributed by atoms with Crippen LogP contribution in [0.3, 0.4) is 0 Å². The molecule has 1 saturated heterocycles. The molecule has 0 radical (unpaired) electrons. The largest absolute Gasteiger partial charge is 0.760 e. The van der Waals surface area contributed by atoms with E-state index in [1.54, 1.807) is 0 Å². The summed E-state index contributed by atoms with van der Waals surface area (Å²) in [5.41, 5.74) is 0. The molecule has 0 aliphatic carbocycles. The van der Waals surface area contributed by atoms with Crippen LogP contribution in [0.15, 0.2) is 0 Å². The van der Waals surface area contributed by atoms with Crippen LogP contribution in [0.1, 0.15) is 20.8 Å². The first kappa shape index (κ1) is 12.1. The maximum Gasteiger partial charge on any atom is 0.0181 e. The Labute approximate surface area is 88.5 Å². The van der Waals surface area contributed by atoms with Crippen LogP contribution >= 0.6 is 0 Å². The number of hydrogen-bond acceptors (Lipinski definition) is 3. The third-order valence-corrected chi connectivity index (χ3v) is 3.40. The van der Waals surface area contributed by atoms with Crippen molar-refractivity contribution in [2.75, 3.05) is 19.6 Å². The van der Waals surface area contributed by atoms with Gasteiger partial charge in [0.25, 0.3) is 0 Å². The Kier molecular flexibility index (Phi) is 4.50. The summed E-state index contributed by atoms with van der Waals surface area (Å²) in [5.74, 6) is 1.08. The summed E-state index contributed by atoms with van der Waals surface area (Å²) in [6.07, 6.45) is 0. The van der Waals surface area contributed by atoms with Gasteiger partial charge in [0, 0.05) is 36.9 Å². The molecule has 0 bridgehead atoms. The van der Waals surface area contributed by atoms with Gasteiger partial charge in [-0.25, -0.2) is 4.72 Å². The SMILES string of the molecule is CC(CNS(=O)[O-])C1CN(C(C)C)C1. The standard InChI is InChI=1S/C9H20N2O2S/c1-7(2)11-5-9(6-11)8(3)4-10-14(12)13/h7-10H,4-6H2,1-3H3,(H,12,13)/p-1. The van der Waals surface area contributed by atoms with Crippen LogP contribution in [-0.4, -0.2) is 39.3 Å². The maximum atomic E-state index is 10.3. The lowest BCUT2D eigenvalue weighted by atomic mass is 9.86. The molecule has 2 atom stereocenters. The van der Waals surface area contributed by atoms with Crippen molar-refractivity contribution in [3.05, 3.63) is 0 Å². The van der Waals surface area contributed by atoms with E-state index >= 15 is 0 Å². The first-order chi connectivity index (χ1) is 6.50. The molecule has 1 N–H and O–H groups in total. The van der Waals surface area contributed by atoms with Crippen LogP contribution in [0, 0.1) is 11.8 Å². The predicted octanol–water partition coefficient (Wildman–Crippen LogP) is 0.346. The average Bonchev–Trinajstić information content (AvgIpc) is 1.97. The van der Waals surface area contributed by atoms with Crippen LogP contribution in [0.4, 0.5) is 0 Å². The summed E-state index contributed by atoms with van der Waals surface area (Å²) in [6, 6.07) is 0.611. The van der Waals surface area contributed by atoms with Crippen molar-refractivity contribution in [1.82, 2.24) is 9.62 Å². The molecule has 5 heteroatoms. The molecule has 1 aliphatic heterocycles. The average molecular weight is 219 g/mol. The van der Waals surface area contributed by atoms with Gasteiger partial charge in [0.15, 0.2) is 0 Å².